The number of hydrogen-bond donors (Lipinski definition) is 1. The van der Waals surface area contributed by atoms with Gasteiger partial charge in [-0.1, -0.05) is 0 Å². The monoisotopic (exact) mass is 433 g/mol. The number of hydrogen-bond acceptors (Lipinski definition) is 7. The van der Waals surface area contributed by atoms with Gasteiger partial charge in [-0.25, -0.2) is 4.98 Å². The number of unbranched alkanes of at least 4 members (excludes halogenated alkanes) is 1. The van der Waals surface area contributed by atoms with E-state index in [9.17, 15) is 5.11 Å². The molecule has 4 rings (SSSR count). The third-order valence-corrected chi connectivity index (χ3v) is 7.07. The Labute approximate surface area is 183 Å². The van der Waals surface area contributed by atoms with Crippen molar-refractivity contribution in [1.29, 1.82) is 0 Å². The molecule has 1 aliphatic heterocycles. The number of piperazine rings is 1. The van der Waals surface area contributed by atoms with E-state index in [4.69, 9.17) is 9.47 Å². The molecular formula is C23H35N3O3S. The minimum atomic E-state index is -0.479. The summed E-state index contributed by atoms with van der Waals surface area (Å²) in [5.41, 5.74) is 0.968. The number of ether oxygens (including phenoxy) is 2. The number of aliphatic hydroxyl groups excluding tert-OH is 1. The highest BCUT2D eigenvalue weighted by atomic mass is 32.1. The largest absolute Gasteiger partial charge is 0.491 e. The van der Waals surface area contributed by atoms with E-state index in [0.29, 0.717) is 19.3 Å². The maximum absolute atomic E-state index is 10.4. The van der Waals surface area contributed by atoms with Crippen molar-refractivity contribution in [2.75, 3.05) is 52.5 Å². The topological polar surface area (TPSA) is 58.1 Å². The average molecular weight is 434 g/mol. The molecule has 6 nitrogen and oxygen atoms in total. The van der Waals surface area contributed by atoms with Crippen molar-refractivity contribution < 1.29 is 14.6 Å². The van der Waals surface area contributed by atoms with Crippen LogP contribution in [0.25, 0.3) is 10.2 Å². The van der Waals surface area contributed by atoms with Crippen molar-refractivity contribution in [3.05, 3.63) is 23.2 Å². The van der Waals surface area contributed by atoms with Crippen molar-refractivity contribution in [2.24, 2.45) is 0 Å². The van der Waals surface area contributed by atoms with Crippen LogP contribution in [-0.4, -0.2) is 84.6 Å². The third kappa shape index (κ3) is 6.37. The molecule has 1 aliphatic carbocycles. The van der Waals surface area contributed by atoms with Crippen molar-refractivity contribution >= 4 is 21.6 Å². The number of β-amino-alcohol motifs (C(OH)–C–C–N with tert-alkyl or cyclic N) is 1. The van der Waals surface area contributed by atoms with Gasteiger partial charge in [0.2, 0.25) is 0 Å². The molecule has 1 aromatic carbocycles. The number of aryl methyl sites for hydroxylation is 1. The smallest absolute Gasteiger partial charge is 0.121 e. The van der Waals surface area contributed by atoms with Crippen LogP contribution in [0.2, 0.25) is 0 Å². The van der Waals surface area contributed by atoms with Crippen molar-refractivity contribution in [1.82, 2.24) is 14.8 Å². The number of rotatable bonds is 11. The number of aliphatic hydroxyl groups is 1. The Bertz CT molecular complexity index is 787. The third-order valence-electron chi connectivity index (χ3n) is 6.12. The predicted octanol–water partition coefficient (Wildman–Crippen LogP) is 3.31. The van der Waals surface area contributed by atoms with Gasteiger partial charge in [0.15, 0.2) is 0 Å². The highest BCUT2D eigenvalue weighted by Gasteiger charge is 2.20. The molecule has 2 aliphatic rings. The molecule has 0 bridgehead atoms. The number of nitrogens with zero attached hydrogens (tertiary/aromatic N) is 3. The van der Waals surface area contributed by atoms with Crippen LogP contribution < -0.4 is 4.74 Å². The second kappa shape index (κ2) is 10.9. The molecule has 0 unspecified atom stereocenters. The van der Waals surface area contributed by atoms with Crippen LogP contribution in [0.4, 0.5) is 0 Å². The molecule has 1 aromatic heterocycles. The molecule has 0 spiro atoms. The van der Waals surface area contributed by atoms with Crippen molar-refractivity contribution in [3.8, 4) is 5.75 Å². The normalized spacial score (nSPS) is 19.8. The van der Waals surface area contributed by atoms with E-state index in [1.165, 1.54) is 36.8 Å². The molecule has 1 saturated heterocycles. The quantitative estimate of drug-likeness (QED) is 0.549. The maximum Gasteiger partial charge on any atom is 0.121 e. The summed E-state index contributed by atoms with van der Waals surface area (Å²) in [5.74, 6) is 0.776. The van der Waals surface area contributed by atoms with Crippen LogP contribution in [-0.2, 0) is 4.74 Å². The zero-order chi connectivity index (χ0) is 20.8. The zero-order valence-corrected chi connectivity index (χ0v) is 18.9. The molecular weight excluding hydrogens is 398 g/mol. The fraction of sp³-hybridized carbons (Fsp3) is 0.696. The van der Waals surface area contributed by atoms with E-state index < -0.39 is 6.10 Å². The van der Waals surface area contributed by atoms with Gasteiger partial charge >= 0.3 is 0 Å². The van der Waals surface area contributed by atoms with Crippen molar-refractivity contribution in [3.63, 3.8) is 0 Å². The van der Waals surface area contributed by atoms with Gasteiger partial charge in [-0.15, -0.1) is 11.3 Å². The van der Waals surface area contributed by atoms with E-state index >= 15 is 0 Å². The minimum Gasteiger partial charge on any atom is -0.491 e. The first-order chi connectivity index (χ1) is 14.7. The number of fused-ring (bicyclic) bond motifs is 1. The Balaban J connectivity index is 1.08. The molecule has 7 heteroatoms. The summed E-state index contributed by atoms with van der Waals surface area (Å²) in [5, 5.41) is 11.5. The van der Waals surface area contributed by atoms with E-state index in [1.807, 2.05) is 25.1 Å². The van der Waals surface area contributed by atoms with Gasteiger partial charge < -0.3 is 19.5 Å². The lowest BCUT2D eigenvalue weighted by Gasteiger charge is -2.35. The predicted molar refractivity (Wildman–Crippen MR) is 122 cm³/mol. The zero-order valence-electron chi connectivity index (χ0n) is 18.1. The Kier molecular flexibility index (Phi) is 7.95. The van der Waals surface area contributed by atoms with E-state index in [0.717, 1.165) is 55.6 Å². The fourth-order valence-corrected chi connectivity index (χ4v) is 4.88. The van der Waals surface area contributed by atoms with Gasteiger partial charge in [0, 0.05) is 45.4 Å². The van der Waals surface area contributed by atoms with Crippen LogP contribution >= 0.6 is 11.3 Å². The Morgan fingerprint density at radius 3 is 2.73 bits per heavy atom. The van der Waals surface area contributed by atoms with Gasteiger partial charge in [0.05, 0.1) is 21.3 Å². The van der Waals surface area contributed by atoms with Crippen LogP contribution in [0.5, 0.6) is 5.75 Å². The van der Waals surface area contributed by atoms with Crippen LogP contribution in [0.3, 0.4) is 0 Å². The minimum absolute atomic E-state index is 0.315. The second-order valence-electron chi connectivity index (χ2n) is 8.60. The fourth-order valence-electron chi connectivity index (χ4n) is 4.08. The highest BCUT2D eigenvalue weighted by molar-refractivity contribution is 7.18. The molecule has 30 heavy (non-hydrogen) atoms. The highest BCUT2D eigenvalue weighted by Crippen LogP contribution is 2.25. The molecule has 2 heterocycles. The van der Waals surface area contributed by atoms with E-state index in [2.05, 4.69) is 14.8 Å². The lowest BCUT2D eigenvalue weighted by Crippen LogP contribution is -2.49. The molecule has 0 radical (unpaired) electrons. The summed E-state index contributed by atoms with van der Waals surface area (Å²) >= 11 is 1.69. The van der Waals surface area contributed by atoms with E-state index in [-0.39, 0.29) is 0 Å². The maximum atomic E-state index is 10.4. The van der Waals surface area contributed by atoms with Gasteiger partial charge in [0.25, 0.3) is 0 Å². The molecule has 2 fully saturated rings. The van der Waals surface area contributed by atoms with Gasteiger partial charge in [-0.05, 0) is 57.7 Å². The SMILES string of the molecule is Cc1nc2cc(OC[C@H](O)CN3CCN(CCCCOC4CCC4)CC3)ccc2s1. The van der Waals surface area contributed by atoms with Crippen molar-refractivity contribution in [2.45, 2.75) is 51.2 Å². The van der Waals surface area contributed by atoms with Crippen LogP contribution in [0, 0.1) is 6.92 Å². The average Bonchev–Trinajstić information content (AvgIpc) is 3.08. The molecule has 1 N–H and O–H groups in total. The summed E-state index contributed by atoms with van der Waals surface area (Å²) < 4.78 is 12.8. The first-order valence-electron chi connectivity index (χ1n) is 11.4. The second-order valence-corrected chi connectivity index (χ2v) is 9.84. The Hall–Kier alpha value is -1.25. The summed E-state index contributed by atoms with van der Waals surface area (Å²) in [6.45, 7) is 9.27. The van der Waals surface area contributed by atoms with Gasteiger partial charge in [0.1, 0.15) is 18.5 Å². The Morgan fingerprint density at radius 2 is 1.97 bits per heavy atom. The Morgan fingerprint density at radius 1 is 1.17 bits per heavy atom. The van der Waals surface area contributed by atoms with Crippen LogP contribution in [0.15, 0.2) is 18.2 Å². The molecule has 2 aromatic rings. The summed E-state index contributed by atoms with van der Waals surface area (Å²) in [6, 6.07) is 5.96. The molecule has 0 amide bonds. The van der Waals surface area contributed by atoms with Crippen LogP contribution in [0.1, 0.15) is 37.1 Å². The molecule has 1 atom stereocenters. The van der Waals surface area contributed by atoms with E-state index in [1.54, 1.807) is 11.3 Å². The summed E-state index contributed by atoms with van der Waals surface area (Å²) in [7, 11) is 0. The summed E-state index contributed by atoms with van der Waals surface area (Å²) in [4.78, 5) is 9.38. The molecule has 1 saturated carbocycles. The lowest BCUT2D eigenvalue weighted by atomic mass is 9.96. The molecule has 166 valence electrons. The number of aromatic nitrogens is 1. The first kappa shape index (κ1) is 22.0. The number of benzene rings is 1. The lowest BCUT2D eigenvalue weighted by molar-refractivity contribution is -0.000646. The number of thiazole rings is 1. The standard InChI is InChI=1S/C23H35N3O3S/c1-18-24-22-15-21(7-8-23(22)30-18)29-17-19(27)16-26-12-10-25(11-13-26)9-2-3-14-28-20-5-4-6-20/h7-8,15,19-20,27H,2-6,9-14,16-17H2,1H3/t19-/m1/s1. The first-order valence-corrected chi connectivity index (χ1v) is 12.2. The summed E-state index contributed by atoms with van der Waals surface area (Å²) in [6.07, 6.45) is 6.33. The van der Waals surface area contributed by atoms with Gasteiger partial charge in [-0.3, -0.25) is 4.90 Å². The van der Waals surface area contributed by atoms with Gasteiger partial charge in [-0.2, -0.15) is 0 Å².